The zero-order chi connectivity index (χ0) is 18.7. The van der Waals surface area contributed by atoms with E-state index in [1.807, 2.05) is 31.2 Å². The van der Waals surface area contributed by atoms with E-state index in [0.29, 0.717) is 6.54 Å². The largest absolute Gasteiger partial charge is 0.350 e. The summed E-state index contributed by atoms with van der Waals surface area (Å²) in [5.74, 6) is -2.19. The fourth-order valence-corrected chi connectivity index (χ4v) is 3.43. The van der Waals surface area contributed by atoms with Crippen LogP contribution in [0.4, 0.5) is 4.79 Å². The Kier molecular flexibility index (Phi) is 5.35. The van der Waals surface area contributed by atoms with Crippen molar-refractivity contribution in [1.82, 2.24) is 15.1 Å². The van der Waals surface area contributed by atoms with E-state index in [9.17, 15) is 19.2 Å². The molecule has 0 unspecified atom stereocenters. The lowest BCUT2D eigenvalue weighted by molar-refractivity contribution is -0.144. The summed E-state index contributed by atoms with van der Waals surface area (Å²) in [6.07, 6.45) is 4.39. The number of benzene rings is 1. The Morgan fingerprint density at radius 1 is 1.04 bits per heavy atom. The minimum atomic E-state index is -0.911. The van der Waals surface area contributed by atoms with Gasteiger partial charge in [-0.1, -0.05) is 49.1 Å². The van der Waals surface area contributed by atoms with E-state index in [0.717, 1.165) is 53.0 Å². The first-order valence-corrected chi connectivity index (χ1v) is 8.98. The number of nitrogens with zero attached hydrogens (tertiary/aromatic N) is 2. The third kappa shape index (κ3) is 3.76. The average Bonchev–Trinajstić information content (AvgIpc) is 2.85. The molecule has 1 aliphatic carbocycles. The van der Waals surface area contributed by atoms with E-state index in [1.54, 1.807) is 0 Å². The fraction of sp³-hybridized carbons (Fsp3) is 0.474. The van der Waals surface area contributed by atoms with Crippen LogP contribution >= 0.6 is 0 Å². The number of carbonyl (C=O) groups excluding carboxylic acids is 4. The first-order chi connectivity index (χ1) is 12.5. The molecule has 2 fully saturated rings. The Hall–Kier alpha value is -2.70. The van der Waals surface area contributed by atoms with Crippen molar-refractivity contribution in [3.63, 3.8) is 0 Å². The van der Waals surface area contributed by atoms with Gasteiger partial charge in [-0.2, -0.15) is 0 Å². The maximum absolute atomic E-state index is 12.5. The Bertz CT molecular complexity index is 723. The van der Waals surface area contributed by atoms with Crippen LogP contribution in [0.3, 0.4) is 0 Å². The van der Waals surface area contributed by atoms with Crippen LogP contribution in [0, 0.1) is 6.92 Å². The van der Waals surface area contributed by atoms with E-state index < -0.39 is 30.3 Å². The Morgan fingerprint density at radius 2 is 1.69 bits per heavy atom. The van der Waals surface area contributed by atoms with Gasteiger partial charge in [0.25, 0.3) is 0 Å². The summed E-state index contributed by atoms with van der Waals surface area (Å²) >= 11 is 0. The zero-order valence-corrected chi connectivity index (χ0v) is 14.9. The van der Waals surface area contributed by atoms with E-state index in [2.05, 4.69) is 5.32 Å². The number of hydrogen-bond acceptors (Lipinski definition) is 4. The van der Waals surface area contributed by atoms with Crippen molar-refractivity contribution in [2.75, 3.05) is 6.54 Å². The van der Waals surface area contributed by atoms with Gasteiger partial charge >= 0.3 is 17.8 Å². The quantitative estimate of drug-likeness (QED) is 0.642. The van der Waals surface area contributed by atoms with Crippen molar-refractivity contribution in [1.29, 1.82) is 0 Å². The van der Waals surface area contributed by atoms with Crippen LogP contribution in [-0.2, 0) is 20.9 Å². The SMILES string of the molecule is Cc1ccc(CNC(=O)CN2C(=O)C(=O)N(C3CCCCC3)C2=O)cc1. The van der Waals surface area contributed by atoms with Crippen LogP contribution < -0.4 is 5.32 Å². The van der Waals surface area contributed by atoms with Crippen molar-refractivity contribution < 1.29 is 19.2 Å². The van der Waals surface area contributed by atoms with Gasteiger partial charge in [0.15, 0.2) is 0 Å². The maximum Gasteiger partial charge on any atom is 0.334 e. The molecule has 0 atom stereocenters. The van der Waals surface area contributed by atoms with Crippen LogP contribution in [0.15, 0.2) is 24.3 Å². The molecule has 1 heterocycles. The number of carbonyl (C=O) groups is 4. The van der Waals surface area contributed by atoms with Gasteiger partial charge in [0.05, 0.1) is 0 Å². The standard InChI is InChI=1S/C19H23N3O4/c1-13-7-9-14(10-8-13)11-20-16(23)12-21-17(24)18(25)22(19(21)26)15-5-3-2-4-6-15/h7-10,15H,2-6,11-12H2,1H3,(H,20,23). The Balaban J connectivity index is 1.58. The number of aryl methyl sites for hydroxylation is 1. The number of urea groups is 1. The van der Waals surface area contributed by atoms with E-state index in [1.165, 1.54) is 0 Å². The van der Waals surface area contributed by atoms with Crippen molar-refractivity contribution in [2.45, 2.75) is 51.6 Å². The smallest absolute Gasteiger partial charge is 0.334 e. The predicted octanol–water partition coefficient (Wildman–Crippen LogP) is 1.73. The van der Waals surface area contributed by atoms with Crippen LogP contribution in [0.2, 0.25) is 0 Å². The summed E-state index contributed by atoms with van der Waals surface area (Å²) < 4.78 is 0. The third-order valence-corrected chi connectivity index (χ3v) is 4.94. The molecule has 26 heavy (non-hydrogen) atoms. The number of imide groups is 2. The van der Waals surface area contributed by atoms with Gasteiger partial charge in [0, 0.05) is 12.6 Å². The van der Waals surface area contributed by atoms with Crippen molar-refractivity contribution >= 4 is 23.8 Å². The number of amides is 5. The molecule has 1 saturated carbocycles. The molecule has 7 heteroatoms. The van der Waals surface area contributed by atoms with Gasteiger partial charge in [0.1, 0.15) is 6.54 Å². The second-order valence-corrected chi connectivity index (χ2v) is 6.90. The summed E-state index contributed by atoms with van der Waals surface area (Å²) in [4.78, 5) is 50.8. The first-order valence-electron chi connectivity index (χ1n) is 8.98. The summed E-state index contributed by atoms with van der Waals surface area (Å²) in [5.41, 5.74) is 2.04. The Labute approximate surface area is 152 Å². The monoisotopic (exact) mass is 357 g/mol. The van der Waals surface area contributed by atoms with Gasteiger partial charge in [-0.3, -0.25) is 19.3 Å². The molecule has 5 amide bonds. The molecule has 1 aliphatic heterocycles. The highest BCUT2D eigenvalue weighted by molar-refractivity contribution is 6.45. The molecule has 0 spiro atoms. The van der Waals surface area contributed by atoms with Gasteiger partial charge in [-0.25, -0.2) is 9.69 Å². The van der Waals surface area contributed by atoms with Crippen molar-refractivity contribution in [3.8, 4) is 0 Å². The van der Waals surface area contributed by atoms with Gasteiger partial charge in [0.2, 0.25) is 5.91 Å². The molecule has 0 bridgehead atoms. The highest BCUT2D eigenvalue weighted by atomic mass is 16.2. The normalized spacial score (nSPS) is 18.6. The number of hydrogen-bond donors (Lipinski definition) is 1. The van der Waals surface area contributed by atoms with E-state index in [4.69, 9.17) is 0 Å². The third-order valence-electron chi connectivity index (χ3n) is 4.94. The average molecular weight is 357 g/mol. The Morgan fingerprint density at radius 3 is 2.35 bits per heavy atom. The molecular formula is C19H23N3O4. The molecular weight excluding hydrogens is 334 g/mol. The van der Waals surface area contributed by atoms with Gasteiger partial charge < -0.3 is 5.32 Å². The lowest BCUT2D eigenvalue weighted by atomic mass is 9.94. The molecule has 7 nitrogen and oxygen atoms in total. The second kappa shape index (κ2) is 7.68. The second-order valence-electron chi connectivity index (χ2n) is 6.90. The molecule has 1 saturated heterocycles. The van der Waals surface area contributed by atoms with Crippen LogP contribution in [-0.4, -0.2) is 46.1 Å². The van der Waals surface area contributed by atoms with Crippen LogP contribution in [0.25, 0.3) is 0 Å². The van der Waals surface area contributed by atoms with Crippen molar-refractivity contribution in [2.24, 2.45) is 0 Å². The molecule has 3 rings (SSSR count). The van der Waals surface area contributed by atoms with Crippen LogP contribution in [0.5, 0.6) is 0 Å². The molecule has 0 aromatic heterocycles. The highest BCUT2D eigenvalue weighted by Crippen LogP contribution is 2.26. The zero-order valence-electron chi connectivity index (χ0n) is 14.9. The van der Waals surface area contributed by atoms with E-state index in [-0.39, 0.29) is 6.04 Å². The molecule has 138 valence electrons. The lowest BCUT2D eigenvalue weighted by Gasteiger charge is -2.28. The molecule has 1 N–H and O–H groups in total. The first kappa shape index (κ1) is 18.1. The fourth-order valence-electron chi connectivity index (χ4n) is 3.43. The topological polar surface area (TPSA) is 86.8 Å². The summed E-state index contributed by atoms with van der Waals surface area (Å²) in [7, 11) is 0. The number of rotatable bonds is 5. The lowest BCUT2D eigenvalue weighted by Crippen LogP contribution is -2.44. The minimum Gasteiger partial charge on any atom is -0.350 e. The predicted molar refractivity (Wildman–Crippen MR) is 93.9 cm³/mol. The molecule has 2 aliphatic rings. The maximum atomic E-state index is 12.5. The summed E-state index contributed by atoms with van der Waals surface area (Å²) in [6.45, 7) is 1.84. The van der Waals surface area contributed by atoms with Gasteiger partial charge in [-0.15, -0.1) is 0 Å². The minimum absolute atomic E-state index is 0.228. The summed E-state index contributed by atoms with van der Waals surface area (Å²) in [5, 5.41) is 2.68. The van der Waals surface area contributed by atoms with Crippen LogP contribution in [0.1, 0.15) is 43.2 Å². The molecule has 0 radical (unpaired) electrons. The number of nitrogens with one attached hydrogen (secondary N) is 1. The summed E-state index contributed by atoms with van der Waals surface area (Å²) in [6, 6.07) is 6.78. The molecule has 1 aromatic carbocycles. The van der Waals surface area contributed by atoms with Gasteiger partial charge in [-0.05, 0) is 25.3 Å². The highest BCUT2D eigenvalue weighted by Gasteiger charge is 2.48. The van der Waals surface area contributed by atoms with E-state index >= 15 is 0 Å². The molecule has 1 aromatic rings. The van der Waals surface area contributed by atoms with Crippen molar-refractivity contribution in [3.05, 3.63) is 35.4 Å².